The van der Waals surface area contributed by atoms with Crippen LogP contribution in [-0.2, 0) is 6.18 Å². The third-order valence-corrected chi connectivity index (χ3v) is 4.18. The molecular formula is C16H12BrClF5NO2. The number of rotatable bonds is 6. The average Bonchev–Trinajstić information content (AvgIpc) is 2.56. The molecule has 0 fully saturated rings. The summed E-state index contributed by atoms with van der Waals surface area (Å²) >= 11 is 8.64. The fourth-order valence-electron chi connectivity index (χ4n) is 1.96. The zero-order chi connectivity index (χ0) is 19.5. The van der Waals surface area contributed by atoms with Gasteiger partial charge >= 0.3 is 6.18 Å². The van der Waals surface area contributed by atoms with Crippen LogP contribution in [0.15, 0.2) is 34.8 Å². The minimum atomic E-state index is -4.89. The van der Waals surface area contributed by atoms with Gasteiger partial charge in [0.05, 0.1) is 27.7 Å². The van der Waals surface area contributed by atoms with Crippen LogP contribution in [0.25, 0.3) is 0 Å². The van der Waals surface area contributed by atoms with Crippen LogP contribution in [0.3, 0.4) is 0 Å². The van der Waals surface area contributed by atoms with Crippen molar-refractivity contribution < 1.29 is 31.8 Å². The Hall–Kier alpha value is -1.58. The number of alkyl halides is 4. The highest BCUT2D eigenvalue weighted by atomic mass is 79.9. The van der Waals surface area contributed by atoms with E-state index in [1.165, 1.54) is 12.1 Å². The molecule has 0 amide bonds. The Kier molecular flexibility index (Phi) is 6.70. The summed E-state index contributed by atoms with van der Waals surface area (Å²) in [4.78, 5) is 0. The molecule has 0 aliphatic rings. The van der Waals surface area contributed by atoms with Crippen molar-refractivity contribution in [1.82, 2.24) is 0 Å². The fraction of sp³-hybridized carbons (Fsp3) is 0.250. The van der Waals surface area contributed by atoms with E-state index in [4.69, 9.17) is 16.3 Å². The van der Waals surface area contributed by atoms with Gasteiger partial charge in [-0.1, -0.05) is 6.07 Å². The van der Waals surface area contributed by atoms with Crippen LogP contribution in [0.4, 0.5) is 27.6 Å². The zero-order valence-corrected chi connectivity index (χ0v) is 15.2. The highest BCUT2D eigenvalue weighted by Crippen LogP contribution is 2.40. The van der Waals surface area contributed by atoms with E-state index >= 15 is 0 Å². The van der Waals surface area contributed by atoms with Crippen molar-refractivity contribution in [2.45, 2.75) is 12.3 Å². The third-order valence-electron chi connectivity index (χ3n) is 3.20. The van der Waals surface area contributed by atoms with Crippen LogP contribution in [0.2, 0.25) is 0 Å². The number of ether oxygens (including phenoxy) is 1. The van der Waals surface area contributed by atoms with E-state index in [0.29, 0.717) is 4.47 Å². The molecule has 142 valence electrons. The molecule has 2 aromatic rings. The van der Waals surface area contributed by atoms with Crippen LogP contribution in [0, 0.1) is 11.6 Å². The number of halogens is 7. The topological polar surface area (TPSA) is 41.5 Å². The van der Waals surface area contributed by atoms with Gasteiger partial charge in [0.2, 0.25) is 0 Å². The molecule has 0 radical (unpaired) electrons. The minimum Gasteiger partial charge on any atom is -0.448 e. The van der Waals surface area contributed by atoms with Gasteiger partial charge < -0.3 is 15.2 Å². The first-order valence-corrected chi connectivity index (χ1v) is 8.46. The van der Waals surface area contributed by atoms with Crippen molar-refractivity contribution >= 4 is 33.2 Å². The highest BCUT2D eigenvalue weighted by molar-refractivity contribution is 9.10. The third kappa shape index (κ3) is 4.99. The number of nitrogens with one attached hydrogen (secondary N) is 1. The average molecular weight is 461 g/mol. The van der Waals surface area contributed by atoms with Crippen LogP contribution in [-0.4, -0.2) is 23.6 Å². The molecule has 0 saturated heterocycles. The van der Waals surface area contributed by atoms with Gasteiger partial charge in [0.15, 0.2) is 23.1 Å². The summed E-state index contributed by atoms with van der Waals surface area (Å²) in [6, 6.07) is 4.91. The van der Waals surface area contributed by atoms with E-state index in [-0.39, 0.29) is 36.0 Å². The number of hydrogen-bond acceptors (Lipinski definition) is 3. The summed E-state index contributed by atoms with van der Waals surface area (Å²) in [5, 5.41) is 12.3. The number of aliphatic hydroxyl groups is 1. The van der Waals surface area contributed by atoms with Crippen molar-refractivity contribution in [2.24, 2.45) is 0 Å². The Morgan fingerprint density at radius 1 is 1.15 bits per heavy atom. The van der Waals surface area contributed by atoms with E-state index in [0.717, 1.165) is 0 Å². The maximum absolute atomic E-state index is 14.0. The Labute approximate surface area is 158 Å². The summed E-state index contributed by atoms with van der Waals surface area (Å²) in [7, 11) is 0. The summed E-state index contributed by atoms with van der Waals surface area (Å²) in [5.74, 6) is -4.09. The maximum atomic E-state index is 14.0. The van der Waals surface area contributed by atoms with E-state index < -0.39 is 35.2 Å². The van der Waals surface area contributed by atoms with Gasteiger partial charge in [0, 0.05) is 6.54 Å². The molecule has 2 aromatic carbocycles. The predicted octanol–water partition coefficient (Wildman–Crippen LogP) is 5.55. The molecule has 2 rings (SSSR count). The predicted molar refractivity (Wildman–Crippen MR) is 90.8 cm³/mol. The molecule has 0 heterocycles. The first kappa shape index (κ1) is 20.7. The number of benzene rings is 2. The molecule has 26 heavy (non-hydrogen) atoms. The van der Waals surface area contributed by atoms with Crippen LogP contribution in [0.1, 0.15) is 5.56 Å². The normalized spacial score (nSPS) is 12.8. The second kappa shape index (κ2) is 8.41. The molecule has 0 aromatic heterocycles. The molecule has 2 N–H and O–H groups in total. The summed E-state index contributed by atoms with van der Waals surface area (Å²) in [5.41, 5.74) is -1.21. The number of para-hydroxylation sites is 1. The quantitative estimate of drug-likeness (QED) is 0.439. The first-order valence-electron chi connectivity index (χ1n) is 7.14. The molecule has 0 aliphatic carbocycles. The molecule has 1 unspecified atom stereocenters. The molecule has 1 atom stereocenters. The summed E-state index contributed by atoms with van der Waals surface area (Å²) < 4.78 is 71.3. The van der Waals surface area contributed by atoms with Crippen molar-refractivity contribution in [2.75, 3.05) is 17.7 Å². The molecule has 0 spiro atoms. The molecule has 0 aliphatic heterocycles. The molecule has 10 heteroatoms. The Balaban J connectivity index is 2.37. The lowest BCUT2D eigenvalue weighted by Gasteiger charge is -2.17. The lowest BCUT2D eigenvalue weighted by Crippen LogP contribution is -2.21. The lowest BCUT2D eigenvalue weighted by molar-refractivity contribution is -0.138. The monoisotopic (exact) mass is 459 g/mol. The first-order chi connectivity index (χ1) is 12.1. The minimum absolute atomic E-state index is 0.0221. The van der Waals surface area contributed by atoms with Gasteiger partial charge in [0.1, 0.15) is 0 Å². The molecule has 3 nitrogen and oxygen atoms in total. The second-order valence-corrected chi connectivity index (χ2v) is 6.34. The lowest BCUT2D eigenvalue weighted by atomic mass is 10.2. The summed E-state index contributed by atoms with van der Waals surface area (Å²) in [6.45, 7) is 0.0221. The van der Waals surface area contributed by atoms with Crippen LogP contribution < -0.4 is 10.1 Å². The Bertz CT molecular complexity index is 765. The van der Waals surface area contributed by atoms with Crippen molar-refractivity contribution in [1.29, 1.82) is 0 Å². The van der Waals surface area contributed by atoms with Gasteiger partial charge in [0.25, 0.3) is 0 Å². The smallest absolute Gasteiger partial charge is 0.416 e. The summed E-state index contributed by atoms with van der Waals surface area (Å²) in [6.07, 6.45) is -5.78. The zero-order valence-electron chi connectivity index (χ0n) is 12.9. The van der Waals surface area contributed by atoms with E-state index in [1.54, 1.807) is 6.07 Å². The Morgan fingerprint density at radius 2 is 1.77 bits per heavy atom. The van der Waals surface area contributed by atoms with Gasteiger partial charge in [-0.05, 0) is 40.2 Å². The van der Waals surface area contributed by atoms with Crippen molar-refractivity contribution in [3.63, 3.8) is 0 Å². The fourth-order valence-corrected chi connectivity index (χ4v) is 2.51. The van der Waals surface area contributed by atoms with Crippen LogP contribution >= 0.6 is 27.5 Å². The van der Waals surface area contributed by atoms with E-state index in [2.05, 4.69) is 21.2 Å². The van der Waals surface area contributed by atoms with E-state index in [9.17, 15) is 27.1 Å². The van der Waals surface area contributed by atoms with Gasteiger partial charge in [-0.25, -0.2) is 8.78 Å². The maximum Gasteiger partial charge on any atom is 0.416 e. The van der Waals surface area contributed by atoms with Gasteiger partial charge in [-0.2, -0.15) is 13.2 Å². The highest BCUT2D eigenvalue weighted by Gasteiger charge is 2.33. The molecular weight excluding hydrogens is 449 g/mol. The van der Waals surface area contributed by atoms with E-state index in [1.807, 2.05) is 0 Å². The largest absolute Gasteiger partial charge is 0.448 e. The standard InChI is InChI=1S/C16H12BrClF5NO2/c17-10-2-1-3-13(24-7-9(25)6-18)14(10)26-15-11(19)4-8(5-12(15)20)16(21,22)23/h1-5,9,24-25H,6-7H2. The number of aliphatic hydroxyl groups excluding tert-OH is 1. The second-order valence-electron chi connectivity index (χ2n) is 5.17. The van der Waals surface area contributed by atoms with Gasteiger partial charge in [-0.15, -0.1) is 11.6 Å². The number of anilines is 1. The van der Waals surface area contributed by atoms with Gasteiger partial charge in [-0.3, -0.25) is 0 Å². The molecule has 0 bridgehead atoms. The van der Waals surface area contributed by atoms with Crippen molar-refractivity contribution in [3.05, 3.63) is 52.0 Å². The van der Waals surface area contributed by atoms with Crippen molar-refractivity contribution in [3.8, 4) is 11.5 Å². The van der Waals surface area contributed by atoms with Crippen LogP contribution in [0.5, 0.6) is 11.5 Å². The Morgan fingerprint density at radius 3 is 2.31 bits per heavy atom. The SMILES string of the molecule is OC(CCl)CNc1cccc(Br)c1Oc1c(F)cc(C(F)(F)F)cc1F. The number of hydrogen-bond donors (Lipinski definition) is 2. The molecule has 0 saturated carbocycles.